The van der Waals surface area contributed by atoms with Gasteiger partial charge in [-0.3, -0.25) is 14.5 Å². The monoisotopic (exact) mass is 382 g/mol. The van der Waals surface area contributed by atoms with Crippen molar-refractivity contribution in [1.82, 2.24) is 4.98 Å². The number of hydrogen-bond donors (Lipinski definition) is 2. The van der Waals surface area contributed by atoms with E-state index in [0.717, 1.165) is 11.3 Å². The molecular weight excluding hydrogens is 356 g/mol. The number of amides is 2. The minimum atomic E-state index is -0.673. The van der Waals surface area contributed by atoms with Crippen LogP contribution in [0, 0.1) is 5.92 Å². The average molecular weight is 382 g/mol. The van der Waals surface area contributed by atoms with Crippen molar-refractivity contribution in [3.05, 3.63) is 42.0 Å². The fourth-order valence-electron chi connectivity index (χ4n) is 3.20. The van der Waals surface area contributed by atoms with E-state index >= 15 is 0 Å². The van der Waals surface area contributed by atoms with Gasteiger partial charge in [-0.15, -0.1) is 0 Å². The molecule has 0 aliphatic carbocycles. The zero-order valence-corrected chi connectivity index (χ0v) is 16.6. The summed E-state index contributed by atoms with van der Waals surface area (Å²) in [5, 5.41) is 2.92. The lowest BCUT2D eigenvalue weighted by atomic mass is 10.0. The van der Waals surface area contributed by atoms with Crippen molar-refractivity contribution in [3.8, 4) is 5.75 Å². The van der Waals surface area contributed by atoms with Gasteiger partial charge in [-0.1, -0.05) is 45.9 Å². The highest BCUT2D eigenvalue weighted by molar-refractivity contribution is 6.06. The molecule has 0 radical (unpaired) electrons. The number of nitrogens with zero attached hydrogens (tertiary/aromatic N) is 2. The maximum absolute atomic E-state index is 12.9. The molecule has 2 aromatic rings. The summed E-state index contributed by atoms with van der Waals surface area (Å²) in [6.07, 6.45) is -0.673. The van der Waals surface area contributed by atoms with E-state index in [1.165, 1.54) is 4.90 Å². The van der Waals surface area contributed by atoms with Crippen LogP contribution >= 0.6 is 0 Å². The van der Waals surface area contributed by atoms with Gasteiger partial charge in [0.25, 0.3) is 5.91 Å². The van der Waals surface area contributed by atoms with Crippen molar-refractivity contribution in [2.75, 3.05) is 22.5 Å². The molecule has 0 spiro atoms. The van der Waals surface area contributed by atoms with Crippen LogP contribution in [0.15, 0.2) is 36.4 Å². The van der Waals surface area contributed by atoms with Crippen molar-refractivity contribution in [2.24, 2.45) is 5.92 Å². The molecule has 0 saturated carbocycles. The Morgan fingerprint density at radius 1 is 1.21 bits per heavy atom. The van der Waals surface area contributed by atoms with E-state index in [4.69, 9.17) is 10.5 Å². The first kappa shape index (κ1) is 19.7. The number of hydrogen-bond acceptors (Lipinski definition) is 5. The minimum absolute atomic E-state index is 0.0505. The van der Waals surface area contributed by atoms with Crippen LogP contribution < -0.4 is 20.7 Å². The summed E-state index contributed by atoms with van der Waals surface area (Å²) in [4.78, 5) is 31.3. The SMILES string of the molecule is CC(C)c1ccccc1NC(=O)CN1C(=O)C(C(C)C)Oc2ccc(N)nc21. The Labute approximate surface area is 164 Å². The number of aromatic nitrogens is 1. The van der Waals surface area contributed by atoms with Crippen molar-refractivity contribution in [2.45, 2.75) is 39.7 Å². The van der Waals surface area contributed by atoms with Crippen LogP contribution in [0.3, 0.4) is 0 Å². The molecule has 7 heteroatoms. The predicted molar refractivity (Wildman–Crippen MR) is 109 cm³/mol. The first-order valence-electron chi connectivity index (χ1n) is 9.41. The molecule has 0 saturated heterocycles. The Hall–Kier alpha value is -3.09. The number of fused-ring (bicyclic) bond motifs is 1. The first-order valence-corrected chi connectivity index (χ1v) is 9.41. The number of ether oxygens (including phenoxy) is 1. The molecule has 28 heavy (non-hydrogen) atoms. The highest BCUT2D eigenvalue weighted by Crippen LogP contribution is 2.34. The topological polar surface area (TPSA) is 97.5 Å². The lowest BCUT2D eigenvalue weighted by Gasteiger charge is -2.34. The molecule has 2 heterocycles. The number of rotatable bonds is 5. The molecule has 0 fully saturated rings. The standard InChI is InChI=1S/C21H26N4O3/c1-12(2)14-7-5-6-8-15(14)23-18(26)11-25-20-16(9-10-17(22)24-20)28-19(13(3)4)21(25)27/h5-10,12-13,19H,11H2,1-4H3,(H2,22,24)(H,23,26). The summed E-state index contributed by atoms with van der Waals surface area (Å²) in [7, 11) is 0. The number of anilines is 3. The lowest BCUT2D eigenvalue weighted by molar-refractivity contribution is -0.129. The molecule has 1 atom stereocenters. The number of carbonyl (C=O) groups excluding carboxylic acids is 2. The summed E-state index contributed by atoms with van der Waals surface area (Å²) >= 11 is 0. The molecule has 3 N–H and O–H groups in total. The third kappa shape index (κ3) is 3.93. The van der Waals surface area contributed by atoms with Crippen LogP contribution in [0.2, 0.25) is 0 Å². The highest BCUT2D eigenvalue weighted by atomic mass is 16.5. The van der Waals surface area contributed by atoms with Crippen molar-refractivity contribution >= 4 is 29.1 Å². The summed E-state index contributed by atoms with van der Waals surface area (Å²) in [6.45, 7) is 7.76. The van der Waals surface area contributed by atoms with Gasteiger partial charge in [-0.05, 0) is 35.6 Å². The average Bonchev–Trinajstić information content (AvgIpc) is 2.64. The lowest BCUT2D eigenvalue weighted by Crippen LogP contribution is -2.51. The van der Waals surface area contributed by atoms with E-state index in [1.807, 2.05) is 38.1 Å². The predicted octanol–water partition coefficient (Wildman–Crippen LogP) is 3.18. The van der Waals surface area contributed by atoms with Crippen LogP contribution in [-0.4, -0.2) is 29.4 Å². The van der Waals surface area contributed by atoms with Gasteiger partial charge < -0.3 is 15.8 Å². The Kier molecular flexibility index (Phi) is 5.53. The van der Waals surface area contributed by atoms with E-state index < -0.39 is 6.10 Å². The Morgan fingerprint density at radius 2 is 1.93 bits per heavy atom. The molecule has 148 valence electrons. The van der Waals surface area contributed by atoms with Gasteiger partial charge in [0.2, 0.25) is 5.91 Å². The van der Waals surface area contributed by atoms with Gasteiger partial charge in [0.1, 0.15) is 12.4 Å². The van der Waals surface area contributed by atoms with Gasteiger partial charge in [-0.2, -0.15) is 0 Å². The summed E-state index contributed by atoms with van der Waals surface area (Å²) in [6, 6.07) is 10.9. The second-order valence-electron chi connectivity index (χ2n) is 7.55. The van der Waals surface area contributed by atoms with Crippen LogP contribution in [0.1, 0.15) is 39.2 Å². The van der Waals surface area contributed by atoms with Crippen LogP contribution in [0.4, 0.5) is 17.3 Å². The van der Waals surface area contributed by atoms with E-state index in [-0.39, 0.29) is 41.8 Å². The molecule has 3 rings (SSSR count). The summed E-state index contributed by atoms with van der Waals surface area (Å²) in [5.41, 5.74) is 7.56. The van der Waals surface area contributed by atoms with Gasteiger partial charge in [0.15, 0.2) is 17.7 Å². The zero-order chi connectivity index (χ0) is 20.4. The Balaban J connectivity index is 1.87. The number of nitrogens with two attached hydrogens (primary N) is 1. The number of benzene rings is 1. The van der Waals surface area contributed by atoms with E-state index in [2.05, 4.69) is 24.1 Å². The molecular formula is C21H26N4O3. The summed E-state index contributed by atoms with van der Waals surface area (Å²) < 4.78 is 5.80. The molecule has 1 aliphatic heterocycles. The van der Waals surface area contributed by atoms with Crippen LogP contribution in [-0.2, 0) is 9.59 Å². The van der Waals surface area contributed by atoms with E-state index in [9.17, 15) is 9.59 Å². The first-order chi connectivity index (χ1) is 13.3. The normalized spacial score (nSPS) is 16.1. The van der Waals surface area contributed by atoms with Crippen LogP contribution in [0.5, 0.6) is 5.75 Å². The molecule has 7 nitrogen and oxygen atoms in total. The van der Waals surface area contributed by atoms with Crippen molar-refractivity contribution in [3.63, 3.8) is 0 Å². The molecule has 1 aromatic carbocycles. The number of para-hydroxylation sites is 1. The maximum atomic E-state index is 12.9. The van der Waals surface area contributed by atoms with Crippen LogP contribution in [0.25, 0.3) is 0 Å². The Morgan fingerprint density at radius 3 is 2.61 bits per heavy atom. The van der Waals surface area contributed by atoms with Crippen molar-refractivity contribution in [1.29, 1.82) is 0 Å². The van der Waals surface area contributed by atoms with Crippen molar-refractivity contribution < 1.29 is 14.3 Å². The fraction of sp³-hybridized carbons (Fsp3) is 0.381. The van der Waals surface area contributed by atoms with Gasteiger partial charge in [-0.25, -0.2) is 4.98 Å². The van der Waals surface area contributed by atoms with E-state index in [0.29, 0.717) is 5.75 Å². The Bertz CT molecular complexity index is 895. The smallest absolute Gasteiger partial charge is 0.270 e. The second-order valence-corrected chi connectivity index (χ2v) is 7.55. The van der Waals surface area contributed by atoms with Gasteiger partial charge >= 0.3 is 0 Å². The molecule has 2 amide bonds. The largest absolute Gasteiger partial charge is 0.476 e. The highest BCUT2D eigenvalue weighted by Gasteiger charge is 2.38. The van der Waals surface area contributed by atoms with Gasteiger partial charge in [0.05, 0.1) is 0 Å². The molecule has 1 aromatic heterocycles. The minimum Gasteiger partial charge on any atom is -0.476 e. The second kappa shape index (κ2) is 7.88. The van der Waals surface area contributed by atoms with E-state index in [1.54, 1.807) is 12.1 Å². The maximum Gasteiger partial charge on any atom is 0.270 e. The number of pyridine rings is 1. The van der Waals surface area contributed by atoms with Gasteiger partial charge in [0, 0.05) is 5.69 Å². The quantitative estimate of drug-likeness (QED) is 0.828. The third-order valence-electron chi connectivity index (χ3n) is 4.64. The number of carbonyl (C=O) groups is 2. The number of nitrogen functional groups attached to an aromatic ring is 1. The zero-order valence-electron chi connectivity index (χ0n) is 16.6. The molecule has 1 aliphatic rings. The summed E-state index contributed by atoms with van der Waals surface area (Å²) in [5.74, 6) is 0.583. The number of nitrogens with one attached hydrogen (secondary N) is 1. The molecule has 1 unspecified atom stereocenters. The molecule has 0 bridgehead atoms. The fourth-order valence-corrected chi connectivity index (χ4v) is 3.20. The third-order valence-corrected chi connectivity index (χ3v) is 4.64.